The first-order valence-corrected chi connectivity index (χ1v) is 6.90. The number of nitrogens with zero attached hydrogens (tertiary/aromatic N) is 3. The number of rotatable bonds is 4. The Morgan fingerprint density at radius 3 is 2.71 bits per heavy atom. The molecule has 3 aromatic rings. The van der Waals surface area contributed by atoms with Gasteiger partial charge in [-0.1, -0.05) is 30.3 Å². The lowest BCUT2D eigenvalue weighted by Crippen LogP contribution is -1.94. The minimum absolute atomic E-state index is 0.0109. The number of aromatic amines is 1. The molecule has 6 nitrogen and oxygen atoms in total. The summed E-state index contributed by atoms with van der Waals surface area (Å²) in [4.78, 5) is 13.6. The number of nitrogens with one attached hydrogen (secondary N) is 1. The number of hydrogen-bond donors (Lipinski definition) is 2. The fourth-order valence-electron chi connectivity index (χ4n) is 1.76. The van der Waals surface area contributed by atoms with Gasteiger partial charge < -0.3 is 5.11 Å². The molecule has 104 valence electrons. The van der Waals surface area contributed by atoms with Crippen molar-refractivity contribution in [1.29, 1.82) is 0 Å². The molecule has 0 atom stereocenters. The average molecular weight is 298 g/mol. The van der Waals surface area contributed by atoms with E-state index < -0.39 is 0 Å². The van der Waals surface area contributed by atoms with Crippen molar-refractivity contribution >= 4 is 22.9 Å². The summed E-state index contributed by atoms with van der Waals surface area (Å²) in [5.41, 5.74) is 1.05. The van der Waals surface area contributed by atoms with Gasteiger partial charge in [-0.25, -0.2) is 0 Å². The van der Waals surface area contributed by atoms with Crippen LogP contribution in [-0.4, -0.2) is 31.5 Å². The second-order valence-electron chi connectivity index (χ2n) is 4.16. The first kappa shape index (κ1) is 13.2. The fraction of sp³-hybridized carbons (Fsp3) is 0. The number of allylic oxidation sites excluding steroid dienone is 1. The van der Waals surface area contributed by atoms with Crippen LogP contribution >= 0.6 is 11.3 Å². The zero-order valence-corrected chi connectivity index (χ0v) is 11.5. The normalized spacial score (nSPS) is 11.5. The maximum atomic E-state index is 12.1. The molecule has 2 aromatic heterocycles. The molecule has 2 N–H and O–H groups in total. The van der Waals surface area contributed by atoms with Gasteiger partial charge in [-0.05, 0) is 22.9 Å². The van der Waals surface area contributed by atoms with Crippen LogP contribution < -0.4 is 0 Å². The molecule has 0 spiro atoms. The lowest BCUT2D eigenvalue weighted by Gasteiger charge is -1.95. The SMILES string of the molecule is O=C(C=C(O)c1nn[nH]n1)c1ccc(-c2ccccc2)s1. The largest absolute Gasteiger partial charge is 0.504 e. The van der Waals surface area contributed by atoms with Gasteiger partial charge in [0.25, 0.3) is 0 Å². The Morgan fingerprint density at radius 2 is 2.00 bits per heavy atom. The molecule has 0 aliphatic heterocycles. The highest BCUT2D eigenvalue weighted by atomic mass is 32.1. The third-order valence-electron chi connectivity index (χ3n) is 2.75. The summed E-state index contributed by atoms with van der Waals surface area (Å²) < 4.78 is 0. The van der Waals surface area contributed by atoms with Crippen LogP contribution in [0.25, 0.3) is 16.2 Å². The highest BCUT2D eigenvalue weighted by molar-refractivity contribution is 7.17. The van der Waals surface area contributed by atoms with Crippen molar-refractivity contribution in [1.82, 2.24) is 20.6 Å². The van der Waals surface area contributed by atoms with Gasteiger partial charge in [0.05, 0.1) is 4.88 Å². The second-order valence-corrected chi connectivity index (χ2v) is 5.24. The first-order chi connectivity index (χ1) is 10.2. The smallest absolute Gasteiger partial charge is 0.239 e. The van der Waals surface area contributed by atoms with Crippen LogP contribution in [0.4, 0.5) is 0 Å². The number of hydrogen-bond acceptors (Lipinski definition) is 6. The van der Waals surface area contributed by atoms with Gasteiger partial charge in [-0.3, -0.25) is 4.79 Å². The Balaban J connectivity index is 1.84. The van der Waals surface area contributed by atoms with E-state index in [-0.39, 0.29) is 17.4 Å². The molecule has 0 fully saturated rings. The Labute approximate surface area is 123 Å². The molecule has 1 aromatic carbocycles. The number of carbonyl (C=O) groups is 1. The lowest BCUT2D eigenvalue weighted by molar-refractivity contribution is 0.104. The minimum atomic E-state index is -0.316. The van der Waals surface area contributed by atoms with Crippen LogP contribution in [0.15, 0.2) is 48.5 Å². The van der Waals surface area contributed by atoms with Crippen molar-refractivity contribution in [3.8, 4) is 10.4 Å². The molecule has 0 aliphatic rings. The van der Waals surface area contributed by atoms with Crippen molar-refractivity contribution in [2.75, 3.05) is 0 Å². The highest BCUT2D eigenvalue weighted by Crippen LogP contribution is 2.28. The topological polar surface area (TPSA) is 91.8 Å². The lowest BCUT2D eigenvalue weighted by atomic mass is 10.2. The number of H-pyrrole nitrogens is 1. The number of benzene rings is 1. The van der Waals surface area contributed by atoms with Crippen molar-refractivity contribution < 1.29 is 9.90 Å². The molecule has 0 radical (unpaired) electrons. The number of aromatic nitrogens is 4. The van der Waals surface area contributed by atoms with Crippen molar-refractivity contribution in [3.05, 3.63) is 59.2 Å². The maximum absolute atomic E-state index is 12.1. The monoisotopic (exact) mass is 298 g/mol. The average Bonchev–Trinajstić information content (AvgIpc) is 3.20. The van der Waals surface area contributed by atoms with E-state index in [2.05, 4.69) is 20.6 Å². The highest BCUT2D eigenvalue weighted by Gasteiger charge is 2.12. The van der Waals surface area contributed by atoms with Gasteiger partial charge in [0, 0.05) is 11.0 Å². The van der Waals surface area contributed by atoms with Crippen LogP contribution in [0.1, 0.15) is 15.5 Å². The van der Waals surface area contributed by atoms with Gasteiger partial charge in [-0.2, -0.15) is 5.21 Å². The van der Waals surface area contributed by atoms with Gasteiger partial charge in [0.15, 0.2) is 11.5 Å². The Bertz CT molecular complexity index is 778. The van der Waals surface area contributed by atoms with Crippen LogP contribution in [0.5, 0.6) is 0 Å². The molecule has 2 heterocycles. The Hall–Kier alpha value is -2.80. The van der Waals surface area contributed by atoms with Crippen LogP contribution in [-0.2, 0) is 0 Å². The third-order valence-corrected chi connectivity index (χ3v) is 3.90. The number of aliphatic hydroxyl groups is 1. The second kappa shape index (κ2) is 5.68. The quantitative estimate of drug-likeness (QED) is 0.439. The van der Waals surface area contributed by atoms with E-state index in [4.69, 9.17) is 0 Å². The van der Waals surface area contributed by atoms with E-state index in [0.717, 1.165) is 16.5 Å². The van der Waals surface area contributed by atoms with E-state index >= 15 is 0 Å². The molecule has 0 aliphatic carbocycles. The minimum Gasteiger partial charge on any atom is -0.504 e. The van der Waals surface area contributed by atoms with Crippen LogP contribution in [0.3, 0.4) is 0 Å². The van der Waals surface area contributed by atoms with Gasteiger partial charge in [-0.15, -0.1) is 21.5 Å². The third kappa shape index (κ3) is 2.87. The van der Waals surface area contributed by atoms with Gasteiger partial charge >= 0.3 is 0 Å². The summed E-state index contributed by atoms with van der Waals surface area (Å²) in [5.74, 6) is -0.629. The predicted molar refractivity (Wildman–Crippen MR) is 78.9 cm³/mol. The summed E-state index contributed by atoms with van der Waals surface area (Å²) >= 11 is 1.36. The van der Waals surface area contributed by atoms with E-state index in [1.165, 1.54) is 11.3 Å². The molecule has 0 saturated carbocycles. The van der Waals surface area contributed by atoms with Crippen LogP contribution in [0, 0.1) is 0 Å². The Kier molecular flexibility index (Phi) is 3.57. The van der Waals surface area contributed by atoms with Gasteiger partial charge in [0.2, 0.25) is 5.82 Å². The van der Waals surface area contributed by atoms with Crippen LogP contribution in [0.2, 0.25) is 0 Å². The summed E-state index contributed by atoms with van der Waals surface area (Å²) in [5, 5.41) is 22.5. The summed E-state index contributed by atoms with van der Waals surface area (Å²) in [7, 11) is 0. The molecular weight excluding hydrogens is 288 g/mol. The molecule has 3 rings (SSSR count). The van der Waals surface area contributed by atoms with E-state index in [1.807, 2.05) is 36.4 Å². The first-order valence-electron chi connectivity index (χ1n) is 6.08. The van der Waals surface area contributed by atoms with E-state index in [9.17, 15) is 9.90 Å². The number of tetrazole rings is 1. The van der Waals surface area contributed by atoms with Crippen molar-refractivity contribution in [3.63, 3.8) is 0 Å². The predicted octanol–water partition coefficient (Wildman–Crippen LogP) is 2.71. The van der Waals surface area contributed by atoms with Crippen molar-refractivity contribution in [2.45, 2.75) is 0 Å². The number of aliphatic hydroxyl groups excluding tert-OH is 1. The number of ketones is 1. The summed E-state index contributed by atoms with van der Waals surface area (Å²) in [6.45, 7) is 0. The molecule has 0 bridgehead atoms. The molecular formula is C14H10N4O2S. The maximum Gasteiger partial charge on any atom is 0.239 e. The fourth-order valence-corrected chi connectivity index (χ4v) is 2.68. The molecule has 0 amide bonds. The molecule has 21 heavy (non-hydrogen) atoms. The Morgan fingerprint density at radius 1 is 1.19 bits per heavy atom. The standard InChI is InChI=1S/C14H10N4O2S/c19-10(8-11(20)14-15-17-18-16-14)13-7-6-12(21-13)9-4-2-1-3-5-9/h1-8,20H,(H,15,16,17,18). The van der Waals surface area contributed by atoms with Gasteiger partial charge in [0.1, 0.15) is 0 Å². The van der Waals surface area contributed by atoms with Crippen molar-refractivity contribution in [2.24, 2.45) is 0 Å². The number of carbonyl (C=O) groups excluding carboxylic acids is 1. The summed E-state index contributed by atoms with van der Waals surface area (Å²) in [6, 6.07) is 13.4. The van der Waals surface area contributed by atoms with E-state index in [1.54, 1.807) is 6.07 Å². The zero-order valence-electron chi connectivity index (χ0n) is 10.7. The molecule has 7 heteroatoms. The summed E-state index contributed by atoms with van der Waals surface area (Å²) in [6.07, 6.45) is 1.09. The molecule has 0 saturated heterocycles. The zero-order chi connectivity index (χ0) is 14.7. The number of thiophene rings is 1. The molecule has 0 unspecified atom stereocenters. The van der Waals surface area contributed by atoms with E-state index in [0.29, 0.717) is 4.88 Å².